The Morgan fingerprint density at radius 1 is 1.47 bits per heavy atom. The van der Waals surface area contributed by atoms with Crippen molar-refractivity contribution in [1.82, 2.24) is 4.98 Å². The minimum Gasteiger partial charge on any atom is -0.472 e. The molecule has 0 radical (unpaired) electrons. The third kappa shape index (κ3) is 2.44. The molecule has 0 spiro atoms. The van der Waals surface area contributed by atoms with Gasteiger partial charge in [0.2, 0.25) is 0 Å². The van der Waals surface area contributed by atoms with E-state index in [1.54, 1.807) is 24.4 Å². The molecule has 0 fully saturated rings. The highest BCUT2D eigenvalue weighted by Gasteiger charge is 2.07. The number of pyridine rings is 1. The first-order valence-electron chi connectivity index (χ1n) is 4.21. The predicted octanol–water partition coefficient (Wildman–Crippen LogP) is 2.69. The molecule has 1 N–H and O–H groups in total. The number of hydrogen-bond acceptors (Lipinski definition) is 3. The van der Waals surface area contributed by atoms with Crippen molar-refractivity contribution in [3.05, 3.63) is 47.0 Å². The van der Waals surface area contributed by atoms with Crippen LogP contribution >= 0.6 is 15.9 Å². The van der Waals surface area contributed by atoms with Gasteiger partial charge < -0.3 is 9.73 Å². The normalized spacial score (nSPS) is 9.93. The van der Waals surface area contributed by atoms with E-state index in [-0.39, 0.29) is 5.91 Å². The van der Waals surface area contributed by atoms with Crippen molar-refractivity contribution in [2.24, 2.45) is 0 Å². The van der Waals surface area contributed by atoms with E-state index in [0.29, 0.717) is 11.4 Å². The summed E-state index contributed by atoms with van der Waals surface area (Å²) in [5, 5.41) is 2.65. The SMILES string of the molecule is O=C(Nc1cc(Br)ccn1)c1ccoc1. The average Bonchev–Trinajstić information content (AvgIpc) is 2.70. The van der Waals surface area contributed by atoms with E-state index in [1.165, 1.54) is 12.5 Å². The van der Waals surface area contributed by atoms with Crippen LogP contribution in [0.3, 0.4) is 0 Å². The van der Waals surface area contributed by atoms with E-state index in [9.17, 15) is 4.79 Å². The fourth-order valence-corrected chi connectivity index (χ4v) is 1.39. The molecule has 0 aliphatic heterocycles. The second-order valence-electron chi connectivity index (χ2n) is 2.83. The molecule has 0 saturated carbocycles. The highest BCUT2D eigenvalue weighted by atomic mass is 79.9. The van der Waals surface area contributed by atoms with Crippen LogP contribution in [0, 0.1) is 0 Å². The lowest BCUT2D eigenvalue weighted by Gasteiger charge is -2.01. The maximum Gasteiger partial charge on any atom is 0.260 e. The molecule has 0 aliphatic carbocycles. The molecule has 15 heavy (non-hydrogen) atoms. The smallest absolute Gasteiger partial charge is 0.260 e. The van der Waals surface area contributed by atoms with Gasteiger partial charge in [-0.1, -0.05) is 15.9 Å². The summed E-state index contributed by atoms with van der Waals surface area (Å²) in [5.41, 5.74) is 0.469. The average molecular weight is 267 g/mol. The van der Waals surface area contributed by atoms with Crippen LogP contribution in [0.5, 0.6) is 0 Å². The Kier molecular flexibility index (Phi) is 2.82. The molecular weight excluding hydrogens is 260 g/mol. The third-order valence-electron chi connectivity index (χ3n) is 1.75. The molecule has 5 heteroatoms. The fourth-order valence-electron chi connectivity index (χ4n) is 1.06. The molecule has 1 amide bonds. The molecule has 0 unspecified atom stereocenters. The molecule has 2 heterocycles. The van der Waals surface area contributed by atoms with Gasteiger partial charge in [-0.15, -0.1) is 0 Å². The summed E-state index contributed by atoms with van der Waals surface area (Å²) >= 11 is 3.29. The molecule has 2 aromatic rings. The maximum absolute atomic E-state index is 11.6. The van der Waals surface area contributed by atoms with Crippen molar-refractivity contribution >= 4 is 27.7 Å². The number of carbonyl (C=O) groups is 1. The lowest BCUT2D eigenvalue weighted by atomic mass is 10.3. The van der Waals surface area contributed by atoms with Crippen LogP contribution in [-0.2, 0) is 0 Å². The predicted molar refractivity (Wildman–Crippen MR) is 58.6 cm³/mol. The van der Waals surface area contributed by atoms with Crippen LogP contribution < -0.4 is 5.32 Å². The summed E-state index contributed by atoms with van der Waals surface area (Å²) in [6, 6.07) is 5.10. The molecule has 0 aliphatic rings. The highest BCUT2D eigenvalue weighted by molar-refractivity contribution is 9.10. The van der Waals surface area contributed by atoms with Crippen LogP contribution in [0.4, 0.5) is 5.82 Å². The van der Waals surface area contributed by atoms with Crippen LogP contribution in [0.2, 0.25) is 0 Å². The number of aromatic nitrogens is 1. The van der Waals surface area contributed by atoms with Gasteiger partial charge in [0.1, 0.15) is 12.1 Å². The quantitative estimate of drug-likeness (QED) is 0.910. The van der Waals surface area contributed by atoms with E-state index in [1.807, 2.05) is 0 Å². The number of hydrogen-bond donors (Lipinski definition) is 1. The number of carbonyl (C=O) groups excluding carboxylic acids is 1. The topological polar surface area (TPSA) is 55.1 Å². The molecule has 0 aromatic carbocycles. The molecular formula is C10H7BrN2O2. The number of halogens is 1. The Bertz CT molecular complexity index is 468. The summed E-state index contributed by atoms with van der Waals surface area (Å²) in [4.78, 5) is 15.6. The van der Waals surface area contributed by atoms with Crippen LogP contribution in [0.1, 0.15) is 10.4 Å². The fraction of sp³-hybridized carbons (Fsp3) is 0. The zero-order valence-electron chi connectivity index (χ0n) is 7.61. The van der Waals surface area contributed by atoms with Crippen molar-refractivity contribution < 1.29 is 9.21 Å². The van der Waals surface area contributed by atoms with Gasteiger partial charge in [0.05, 0.1) is 11.8 Å². The summed E-state index contributed by atoms with van der Waals surface area (Å²) in [6.07, 6.45) is 4.44. The number of rotatable bonds is 2. The van der Waals surface area contributed by atoms with Crippen LogP contribution in [0.25, 0.3) is 0 Å². The Balaban J connectivity index is 2.13. The highest BCUT2D eigenvalue weighted by Crippen LogP contribution is 2.13. The Hall–Kier alpha value is -1.62. The minimum absolute atomic E-state index is 0.241. The number of nitrogens with zero attached hydrogens (tertiary/aromatic N) is 1. The molecule has 2 rings (SSSR count). The molecule has 4 nitrogen and oxygen atoms in total. The van der Waals surface area contributed by atoms with Crippen molar-refractivity contribution in [3.8, 4) is 0 Å². The van der Waals surface area contributed by atoms with E-state index >= 15 is 0 Å². The van der Waals surface area contributed by atoms with Gasteiger partial charge in [-0.3, -0.25) is 4.79 Å². The van der Waals surface area contributed by atoms with Gasteiger partial charge in [-0.2, -0.15) is 0 Å². The summed E-state index contributed by atoms with van der Waals surface area (Å²) < 4.78 is 5.67. The lowest BCUT2D eigenvalue weighted by Crippen LogP contribution is -2.11. The van der Waals surface area contributed by atoms with Crippen LogP contribution in [0.15, 0.2) is 45.8 Å². The van der Waals surface area contributed by atoms with Crippen LogP contribution in [-0.4, -0.2) is 10.9 Å². The Labute approximate surface area is 94.4 Å². The molecule has 0 saturated heterocycles. The Morgan fingerprint density at radius 3 is 3.00 bits per heavy atom. The van der Waals surface area contributed by atoms with Crippen molar-refractivity contribution in [1.29, 1.82) is 0 Å². The number of furan rings is 1. The first-order chi connectivity index (χ1) is 7.25. The number of amides is 1. The monoisotopic (exact) mass is 266 g/mol. The summed E-state index contributed by atoms with van der Waals surface area (Å²) in [7, 11) is 0. The molecule has 76 valence electrons. The van der Waals surface area contributed by atoms with Crippen molar-refractivity contribution in [3.63, 3.8) is 0 Å². The molecule has 0 atom stereocenters. The first kappa shape index (κ1) is 9.92. The zero-order valence-corrected chi connectivity index (χ0v) is 9.19. The van der Waals surface area contributed by atoms with E-state index in [4.69, 9.17) is 4.42 Å². The van der Waals surface area contributed by atoms with E-state index < -0.39 is 0 Å². The van der Waals surface area contributed by atoms with Gasteiger partial charge in [0.15, 0.2) is 0 Å². The van der Waals surface area contributed by atoms with E-state index in [2.05, 4.69) is 26.2 Å². The number of anilines is 1. The standard InChI is InChI=1S/C10H7BrN2O2/c11-8-1-3-12-9(5-8)13-10(14)7-2-4-15-6-7/h1-6H,(H,12,13,14). The van der Waals surface area contributed by atoms with Gasteiger partial charge in [0.25, 0.3) is 5.91 Å². The lowest BCUT2D eigenvalue weighted by molar-refractivity contribution is 0.102. The van der Waals surface area contributed by atoms with E-state index in [0.717, 1.165) is 4.47 Å². The second-order valence-corrected chi connectivity index (χ2v) is 3.74. The zero-order chi connectivity index (χ0) is 10.7. The maximum atomic E-state index is 11.6. The largest absolute Gasteiger partial charge is 0.472 e. The summed E-state index contributed by atoms with van der Waals surface area (Å²) in [6.45, 7) is 0. The second kappa shape index (κ2) is 4.27. The molecule has 2 aromatic heterocycles. The minimum atomic E-state index is -0.241. The van der Waals surface area contributed by atoms with Crippen molar-refractivity contribution in [2.45, 2.75) is 0 Å². The first-order valence-corrected chi connectivity index (χ1v) is 5.00. The van der Waals surface area contributed by atoms with Crippen molar-refractivity contribution in [2.75, 3.05) is 5.32 Å². The summed E-state index contributed by atoms with van der Waals surface area (Å²) in [5.74, 6) is 0.255. The number of nitrogens with one attached hydrogen (secondary N) is 1. The molecule has 0 bridgehead atoms. The third-order valence-corrected chi connectivity index (χ3v) is 2.24. The van der Waals surface area contributed by atoms with Gasteiger partial charge in [0, 0.05) is 10.7 Å². The van der Waals surface area contributed by atoms with Gasteiger partial charge in [-0.25, -0.2) is 4.98 Å². The van der Waals surface area contributed by atoms with Gasteiger partial charge in [-0.05, 0) is 18.2 Å². The Morgan fingerprint density at radius 2 is 2.33 bits per heavy atom. The van der Waals surface area contributed by atoms with Gasteiger partial charge >= 0.3 is 0 Å².